The second-order valence-electron chi connectivity index (χ2n) is 1.72. The molecule has 2 N–H and O–H groups in total. The van der Waals surface area contributed by atoms with Crippen LogP contribution in [-0.2, 0) is 0 Å². The van der Waals surface area contributed by atoms with Crippen LogP contribution >= 0.6 is 15.9 Å². The molecule has 0 spiro atoms. The van der Waals surface area contributed by atoms with E-state index in [1.165, 1.54) is 0 Å². The Kier molecular flexibility index (Phi) is 2.11. The van der Waals surface area contributed by atoms with E-state index in [0.29, 0.717) is 16.0 Å². The zero-order valence-electron chi connectivity index (χ0n) is 5.47. The van der Waals surface area contributed by atoms with Gasteiger partial charge in [-0.1, -0.05) is 0 Å². The third-order valence-electron chi connectivity index (χ3n) is 1.10. The maximum Gasteiger partial charge on any atom is 0.174 e. The molecule has 0 aromatic carbocycles. The Hall–Kier alpha value is -0.770. The molecule has 1 heterocycles. The molecule has 0 atom stereocenters. The van der Waals surface area contributed by atoms with Gasteiger partial charge < -0.3 is 10.5 Å². The molecule has 0 aliphatic carbocycles. The van der Waals surface area contributed by atoms with Crippen molar-refractivity contribution in [2.24, 2.45) is 0 Å². The van der Waals surface area contributed by atoms with Crippen molar-refractivity contribution in [2.45, 2.75) is 0 Å². The second-order valence-corrected chi connectivity index (χ2v) is 2.48. The second kappa shape index (κ2) is 2.88. The maximum absolute atomic E-state index is 5.54. The highest BCUT2D eigenvalue weighted by Gasteiger charge is 2.02. The van der Waals surface area contributed by atoms with E-state index >= 15 is 0 Å². The van der Waals surface area contributed by atoms with E-state index in [4.69, 9.17) is 10.5 Å². The summed E-state index contributed by atoms with van der Waals surface area (Å²) < 4.78 is 5.58. The number of methoxy groups -OCH3 is 1. The van der Waals surface area contributed by atoms with Gasteiger partial charge >= 0.3 is 0 Å². The van der Waals surface area contributed by atoms with E-state index in [1.54, 1.807) is 19.4 Å². The fourth-order valence-corrected chi connectivity index (χ4v) is 1.15. The average molecular weight is 203 g/mol. The molecule has 0 aliphatic rings. The molecule has 0 bridgehead atoms. The van der Waals surface area contributed by atoms with Crippen LogP contribution in [-0.4, -0.2) is 12.1 Å². The normalized spacial score (nSPS) is 9.40. The molecule has 10 heavy (non-hydrogen) atoms. The van der Waals surface area contributed by atoms with Crippen LogP contribution in [0.5, 0.6) is 5.75 Å². The summed E-state index contributed by atoms with van der Waals surface area (Å²) in [4.78, 5) is 3.92. The molecular formula is C6H7BrN2O. The Balaban J connectivity index is 3.17. The summed E-state index contributed by atoms with van der Waals surface area (Å²) in [6.07, 6.45) is 1.61. The third-order valence-corrected chi connectivity index (χ3v) is 1.66. The Morgan fingerprint density at radius 1 is 1.70 bits per heavy atom. The molecule has 0 amide bonds. The lowest BCUT2D eigenvalue weighted by atomic mass is 10.4. The van der Waals surface area contributed by atoms with Gasteiger partial charge in [-0.2, -0.15) is 0 Å². The highest BCUT2D eigenvalue weighted by atomic mass is 79.9. The molecule has 1 aromatic heterocycles. The van der Waals surface area contributed by atoms with Crippen LogP contribution < -0.4 is 10.5 Å². The molecule has 0 saturated heterocycles. The van der Waals surface area contributed by atoms with Gasteiger partial charge in [-0.05, 0) is 22.0 Å². The molecule has 0 fully saturated rings. The first-order valence-electron chi connectivity index (χ1n) is 2.69. The van der Waals surface area contributed by atoms with Crippen molar-refractivity contribution < 1.29 is 4.74 Å². The number of anilines is 1. The zero-order valence-corrected chi connectivity index (χ0v) is 7.05. The number of hydrogen-bond donors (Lipinski definition) is 1. The van der Waals surface area contributed by atoms with E-state index < -0.39 is 0 Å². The van der Waals surface area contributed by atoms with E-state index in [0.717, 1.165) is 0 Å². The van der Waals surface area contributed by atoms with Crippen LogP contribution in [0, 0.1) is 0 Å². The van der Waals surface area contributed by atoms with Gasteiger partial charge in [-0.3, -0.25) is 0 Å². The quantitative estimate of drug-likeness (QED) is 0.702. The third kappa shape index (κ3) is 1.21. The highest BCUT2D eigenvalue weighted by molar-refractivity contribution is 9.10. The first-order valence-corrected chi connectivity index (χ1v) is 3.49. The molecule has 3 nitrogen and oxygen atoms in total. The minimum Gasteiger partial charge on any atom is -0.492 e. The molecule has 0 aliphatic heterocycles. The lowest BCUT2D eigenvalue weighted by molar-refractivity contribution is 0.412. The molecule has 4 heteroatoms. The van der Waals surface area contributed by atoms with Gasteiger partial charge in [0.15, 0.2) is 5.75 Å². The molecule has 0 radical (unpaired) electrons. The smallest absolute Gasteiger partial charge is 0.174 e. The minimum atomic E-state index is 0.586. The van der Waals surface area contributed by atoms with Gasteiger partial charge in [0.25, 0.3) is 0 Å². The SMILES string of the molecule is COc1c(N)ccnc1Br. The maximum atomic E-state index is 5.54. The summed E-state index contributed by atoms with van der Waals surface area (Å²) in [5, 5.41) is 0. The summed E-state index contributed by atoms with van der Waals surface area (Å²) >= 11 is 3.19. The fourth-order valence-electron chi connectivity index (χ4n) is 0.638. The van der Waals surface area contributed by atoms with Gasteiger partial charge in [0, 0.05) is 6.20 Å². The summed E-state index contributed by atoms with van der Waals surface area (Å²) in [7, 11) is 1.55. The Bertz CT molecular complexity index is 219. The first-order chi connectivity index (χ1) is 4.75. The molecule has 0 saturated carbocycles. The number of rotatable bonds is 1. The summed E-state index contributed by atoms with van der Waals surface area (Å²) in [5.41, 5.74) is 6.12. The monoisotopic (exact) mass is 202 g/mol. The van der Waals surface area contributed by atoms with Crippen molar-refractivity contribution in [3.8, 4) is 5.75 Å². The lowest BCUT2D eigenvalue weighted by Gasteiger charge is -2.03. The van der Waals surface area contributed by atoms with Crippen LogP contribution in [0.2, 0.25) is 0 Å². The van der Waals surface area contributed by atoms with Gasteiger partial charge in [0.2, 0.25) is 0 Å². The minimum absolute atomic E-state index is 0.586. The van der Waals surface area contributed by atoms with Crippen molar-refractivity contribution >= 4 is 21.6 Å². The number of pyridine rings is 1. The van der Waals surface area contributed by atoms with Crippen molar-refractivity contribution in [3.05, 3.63) is 16.9 Å². The van der Waals surface area contributed by atoms with Crippen molar-refractivity contribution in [1.29, 1.82) is 0 Å². The van der Waals surface area contributed by atoms with E-state index in [1.807, 2.05) is 0 Å². The predicted molar refractivity (Wildman–Crippen MR) is 42.9 cm³/mol. The molecular weight excluding hydrogens is 196 g/mol. The number of halogens is 1. The summed E-state index contributed by atoms with van der Waals surface area (Å²) in [6, 6.07) is 1.68. The Labute approximate surface area is 67.3 Å². The van der Waals surface area contributed by atoms with E-state index in [-0.39, 0.29) is 0 Å². The Morgan fingerprint density at radius 2 is 2.40 bits per heavy atom. The fraction of sp³-hybridized carbons (Fsp3) is 0.167. The number of aromatic nitrogens is 1. The number of nitrogens with zero attached hydrogens (tertiary/aromatic N) is 1. The van der Waals surface area contributed by atoms with Crippen LogP contribution in [0.3, 0.4) is 0 Å². The highest BCUT2D eigenvalue weighted by Crippen LogP contribution is 2.27. The topological polar surface area (TPSA) is 48.1 Å². The van der Waals surface area contributed by atoms with Crippen LogP contribution in [0.15, 0.2) is 16.9 Å². The Morgan fingerprint density at radius 3 is 2.80 bits per heavy atom. The summed E-state index contributed by atoms with van der Waals surface area (Å²) in [6.45, 7) is 0. The van der Waals surface area contributed by atoms with Gasteiger partial charge in [0.1, 0.15) is 4.60 Å². The first kappa shape index (κ1) is 7.34. The zero-order chi connectivity index (χ0) is 7.56. The van der Waals surface area contributed by atoms with Crippen molar-refractivity contribution in [1.82, 2.24) is 4.98 Å². The standard InChI is InChI=1S/C6H7BrN2O/c1-10-5-4(8)2-3-9-6(5)7/h2-3H,1H3,(H2,8,9). The van der Waals surface area contributed by atoms with E-state index in [2.05, 4.69) is 20.9 Å². The largest absolute Gasteiger partial charge is 0.492 e. The number of nitrogens with two attached hydrogens (primary N) is 1. The van der Waals surface area contributed by atoms with Gasteiger partial charge in [-0.25, -0.2) is 4.98 Å². The number of nitrogen functional groups attached to an aromatic ring is 1. The van der Waals surface area contributed by atoms with Gasteiger partial charge in [0.05, 0.1) is 12.8 Å². The van der Waals surface area contributed by atoms with E-state index in [9.17, 15) is 0 Å². The average Bonchev–Trinajstić information content (AvgIpc) is 1.88. The lowest BCUT2D eigenvalue weighted by Crippen LogP contribution is -1.93. The van der Waals surface area contributed by atoms with Crippen LogP contribution in [0.25, 0.3) is 0 Å². The molecule has 1 aromatic rings. The summed E-state index contributed by atoms with van der Waals surface area (Å²) in [5.74, 6) is 0.586. The molecule has 1 rings (SSSR count). The van der Waals surface area contributed by atoms with Crippen molar-refractivity contribution in [2.75, 3.05) is 12.8 Å². The van der Waals surface area contributed by atoms with Crippen LogP contribution in [0.4, 0.5) is 5.69 Å². The molecule has 0 unspecified atom stereocenters. The number of ether oxygens (including phenoxy) is 1. The molecule has 54 valence electrons. The van der Waals surface area contributed by atoms with Crippen LogP contribution in [0.1, 0.15) is 0 Å². The van der Waals surface area contributed by atoms with Gasteiger partial charge in [-0.15, -0.1) is 0 Å². The van der Waals surface area contributed by atoms with Crippen molar-refractivity contribution in [3.63, 3.8) is 0 Å². The number of hydrogen-bond acceptors (Lipinski definition) is 3. The predicted octanol–water partition coefficient (Wildman–Crippen LogP) is 1.43.